The molecule has 0 saturated carbocycles. The number of methoxy groups -OCH3 is 1. The normalized spacial score (nSPS) is 14.1. The predicted molar refractivity (Wildman–Crippen MR) is 210 cm³/mol. The molecule has 1 aliphatic rings. The Morgan fingerprint density at radius 2 is 1.65 bits per heavy atom. The third-order valence-corrected chi connectivity index (χ3v) is 12.1. The van der Waals surface area contributed by atoms with Crippen LogP contribution >= 0.6 is 11.3 Å². The van der Waals surface area contributed by atoms with Crippen molar-refractivity contribution in [3.63, 3.8) is 0 Å². The lowest BCUT2D eigenvalue weighted by molar-refractivity contribution is 0.271. The molecular formula is C37H43N7O5S3. The number of sulfonamides is 1. The molecule has 2 N–H and O–H groups in total. The van der Waals surface area contributed by atoms with Crippen molar-refractivity contribution in [1.29, 1.82) is 0 Å². The number of nitrogens with one attached hydrogen (secondary N) is 2. The summed E-state index contributed by atoms with van der Waals surface area (Å²) in [5.41, 5.74) is 5.04. The second-order valence-electron chi connectivity index (χ2n) is 13.0. The van der Waals surface area contributed by atoms with E-state index in [1.165, 1.54) is 6.26 Å². The number of piperazine rings is 1. The summed E-state index contributed by atoms with van der Waals surface area (Å²) in [4.78, 5) is 19.7. The van der Waals surface area contributed by atoms with Crippen LogP contribution in [-0.4, -0.2) is 88.5 Å². The van der Waals surface area contributed by atoms with Gasteiger partial charge in [0.05, 0.1) is 45.6 Å². The van der Waals surface area contributed by atoms with Crippen LogP contribution in [0.15, 0.2) is 85.1 Å². The van der Waals surface area contributed by atoms with Gasteiger partial charge in [-0.3, -0.25) is 9.62 Å². The van der Waals surface area contributed by atoms with Crippen molar-refractivity contribution in [2.75, 3.05) is 66.8 Å². The van der Waals surface area contributed by atoms with Crippen molar-refractivity contribution >= 4 is 54.2 Å². The number of hydrogen-bond donors (Lipinski definition) is 2. The zero-order valence-electron chi connectivity index (χ0n) is 29.6. The molecule has 5 aromatic rings. The van der Waals surface area contributed by atoms with E-state index in [2.05, 4.69) is 38.7 Å². The van der Waals surface area contributed by atoms with Gasteiger partial charge in [-0.05, 0) is 42.0 Å². The molecule has 6 rings (SSSR count). The van der Waals surface area contributed by atoms with Gasteiger partial charge in [0.25, 0.3) is 0 Å². The first-order chi connectivity index (χ1) is 24.9. The highest BCUT2D eigenvalue weighted by molar-refractivity contribution is 7.92. The van der Waals surface area contributed by atoms with E-state index in [4.69, 9.17) is 14.7 Å². The highest BCUT2D eigenvalue weighted by Gasteiger charge is 2.22. The molecule has 15 heteroatoms. The van der Waals surface area contributed by atoms with E-state index in [9.17, 15) is 16.8 Å². The minimum absolute atomic E-state index is 0.131. The Morgan fingerprint density at radius 3 is 2.37 bits per heavy atom. The molecule has 0 bridgehead atoms. The molecule has 0 radical (unpaired) electrons. The fraction of sp³-hybridized carbons (Fsp3) is 0.324. The van der Waals surface area contributed by atoms with Gasteiger partial charge in [0.1, 0.15) is 15.6 Å². The molecule has 0 atom stereocenters. The summed E-state index contributed by atoms with van der Waals surface area (Å²) in [5.74, 6) is 1.34. The van der Waals surface area contributed by atoms with E-state index in [0.717, 1.165) is 58.8 Å². The van der Waals surface area contributed by atoms with Gasteiger partial charge in [-0.25, -0.2) is 31.8 Å². The fourth-order valence-corrected chi connectivity index (χ4v) is 8.73. The maximum absolute atomic E-state index is 13.0. The topological polar surface area (TPSA) is 147 Å². The Balaban J connectivity index is 1.22. The number of anilines is 4. The fourth-order valence-electron chi connectivity index (χ4n) is 5.89. The lowest BCUT2D eigenvalue weighted by Crippen LogP contribution is -2.47. The number of ether oxygens (including phenoxy) is 1. The van der Waals surface area contributed by atoms with Crippen LogP contribution in [0.25, 0.3) is 21.8 Å². The number of aromatic nitrogens is 3. The molecule has 12 nitrogen and oxygen atoms in total. The molecule has 52 heavy (non-hydrogen) atoms. The molecule has 0 aliphatic carbocycles. The molecule has 1 saturated heterocycles. The van der Waals surface area contributed by atoms with Crippen molar-refractivity contribution in [2.24, 2.45) is 0 Å². The van der Waals surface area contributed by atoms with Gasteiger partial charge in [-0.15, -0.1) is 11.3 Å². The largest absolute Gasteiger partial charge is 0.495 e. The average Bonchev–Trinajstić information content (AvgIpc) is 3.57. The first-order valence-electron chi connectivity index (χ1n) is 16.9. The summed E-state index contributed by atoms with van der Waals surface area (Å²) >= 11 is 1.55. The van der Waals surface area contributed by atoms with Gasteiger partial charge in [-0.1, -0.05) is 56.3 Å². The van der Waals surface area contributed by atoms with E-state index >= 15 is 0 Å². The summed E-state index contributed by atoms with van der Waals surface area (Å²) in [6.07, 6.45) is 2.98. The lowest BCUT2D eigenvalue weighted by atomic mass is 10.1. The zero-order chi connectivity index (χ0) is 36.9. The van der Waals surface area contributed by atoms with Crippen LogP contribution in [0.2, 0.25) is 0 Å². The Morgan fingerprint density at radius 1 is 0.885 bits per heavy atom. The van der Waals surface area contributed by atoms with Crippen LogP contribution < -0.4 is 19.7 Å². The Labute approximate surface area is 309 Å². The summed E-state index contributed by atoms with van der Waals surface area (Å²) in [6.45, 7) is 7.67. The molecule has 0 unspecified atom stereocenters. The monoisotopic (exact) mass is 761 g/mol. The maximum Gasteiger partial charge on any atom is 0.236 e. The first kappa shape index (κ1) is 37.2. The number of hydrogen-bond acceptors (Lipinski definition) is 12. The molecular weight excluding hydrogens is 719 g/mol. The Bertz CT molecular complexity index is 2220. The van der Waals surface area contributed by atoms with Gasteiger partial charge < -0.3 is 15.0 Å². The highest BCUT2D eigenvalue weighted by atomic mass is 32.2. The molecule has 2 aromatic heterocycles. The van der Waals surface area contributed by atoms with Gasteiger partial charge in [0.2, 0.25) is 16.0 Å². The van der Waals surface area contributed by atoms with Crippen LogP contribution in [0, 0.1) is 0 Å². The van der Waals surface area contributed by atoms with E-state index in [-0.39, 0.29) is 17.4 Å². The number of rotatable bonds is 14. The van der Waals surface area contributed by atoms with Gasteiger partial charge >= 0.3 is 0 Å². The van der Waals surface area contributed by atoms with Crippen LogP contribution in [0.3, 0.4) is 0 Å². The van der Waals surface area contributed by atoms with Crippen LogP contribution in [0.4, 0.5) is 23.0 Å². The van der Waals surface area contributed by atoms with Gasteiger partial charge in [-0.2, -0.15) is 0 Å². The van der Waals surface area contributed by atoms with Crippen LogP contribution in [0.5, 0.6) is 5.75 Å². The molecule has 1 fully saturated rings. The van der Waals surface area contributed by atoms with E-state index in [1.54, 1.807) is 48.9 Å². The molecule has 1 aliphatic heterocycles. The molecule has 0 spiro atoms. The third kappa shape index (κ3) is 9.64. The van der Waals surface area contributed by atoms with Crippen LogP contribution in [-0.2, 0) is 25.6 Å². The Kier molecular flexibility index (Phi) is 11.4. The standard InChI is InChI=1S/C37H43N7O5S3/c1-26(2)36-41-34(28-11-8-12-30(23-28)42-52(47,48)25-27-9-6-5-7-10-27)35(50-36)31-15-16-38-37(40-31)39-29-13-14-33(49-3)32(24-29)44-19-17-43(18-20-44)21-22-51(4,45)46/h5-16,23-24,26,42H,17-22,25H2,1-4H3,(H,38,39,40). The van der Waals surface area contributed by atoms with Crippen LogP contribution in [0.1, 0.15) is 30.3 Å². The maximum atomic E-state index is 13.0. The summed E-state index contributed by atoms with van der Waals surface area (Å²) in [7, 11) is -5.01. The predicted octanol–water partition coefficient (Wildman–Crippen LogP) is 6.25. The van der Waals surface area contributed by atoms with Crippen molar-refractivity contribution in [2.45, 2.75) is 25.5 Å². The minimum atomic E-state index is -3.65. The van der Waals surface area contributed by atoms with Gasteiger partial charge in [0.15, 0.2) is 0 Å². The lowest BCUT2D eigenvalue weighted by Gasteiger charge is -2.36. The highest BCUT2D eigenvalue weighted by Crippen LogP contribution is 2.40. The molecule has 0 amide bonds. The smallest absolute Gasteiger partial charge is 0.236 e. The van der Waals surface area contributed by atoms with Crippen molar-refractivity contribution < 1.29 is 21.6 Å². The quantitative estimate of drug-likeness (QED) is 0.132. The van der Waals surface area contributed by atoms with Crippen molar-refractivity contribution in [1.82, 2.24) is 19.9 Å². The molecule has 3 heterocycles. The second kappa shape index (κ2) is 16.0. The third-order valence-electron chi connectivity index (χ3n) is 8.56. The van der Waals surface area contributed by atoms with Crippen molar-refractivity contribution in [3.05, 3.63) is 95.6 Å². The summed E-state index contributed by atoms with van der Waals surface area (Å²) in [5, 5.41) is 4.29. The van der Waals surface area contributed by atoms with Crippen molar-refractivity contribution in [3.8, 4) is 27.6 Å². The Hall–Kier alpha value is -4.57. The minimum Gasteiger partial charge on any atom is -0.495 e. The summed E-state index contributed by atoms with van der Waals surface area (Å²) < 4.78 is 57.8. The SMILES string of the molecule is COc1ccc(Nc2nccc(-c3sc(C(C)C)nc3-c3cccc(NS(=O)(=O)Cc4ccccc4)c3)n2)cc1N1CCN(CCS(C)(=O)=O)CC1. The van der Waals surface area contributed by atoms with Gasteiger partial charge in [0, 0.05) is 68.0 Å². The van der Waals surface area contributed by atoms with E-state index < -0.39 is 19.9 Å². The molecule has 274 valence electrons. The number of thiazole rings is 1. The summed E-state index contributed by atoms with van der Waals surface area (Å²) in [6, 6.07) is 24.0. The average molecular weight is 762 g/mol. The van der Waals surface area contributed by atoms with E-state index in [1.807, 2.05) is 54.6 Å². The molecule has 3 aromatic carbocycles. The number of benzene rings is 3. The number of nitrogens with zero attached hydrogens (tertiary/aromatic N) is 5. The number of sulfone groups is 1. The first-order valence-corrected chi connectivity index (χ1v) is 21.5. The van der Waals surface area contributed by atoms with E-state index in [0.29, 0.717) is 35.1 Å². The second-order valence-corrected chi connectivity index (χ2v) is 18.1. The zero-order valence-corrected chi connectivity index (χ0v) is 32.1.